The van der Waals surface area contributed by atoms with Gasteiger partial charge in [-0.2, -0.15) is 0 Å². The Labute approximate surface area is 146 Å². The van der Waals surface area contributed by atoms with Gasteiger partial charge in [-0.15, -0.1) is 0 Å². The average Bonchev–Trinajstić information content (AvgIpc) is 2.92. The number of rotatable bonds is 3. The van der Waals surface area contributed by atoms with Gasteiger partial charge in [-0.3, -0.25) is 9.59 Å². The Morgan fingerprint density at radius 3 is 2.67 bits per heavy atom. The van der Waals surface area contributed by atoms with Crippen molar-refractivity contribution in [3.05, 3.63) is 58.6 Å². The molecule has 5 heteroatoms. The van der Waals surface area contributed by atoms with E-state index in [2.05, 4.69) is 5.32 Å². The van der Waals surface area contributed by atoms with Crippen LogP contribution in [0.1, 0.15) is 17.5 Å². The summed E-state index contributed by atoms with van der Waals surface area (Å²) in [5.41, 5.74) is 3.80. The molecule has 0 bridgehead atoms. The van der Waals surface area contributed by atoms with E-state index in [1.54, 1.807) is 29.2 Å². The van der Waals surface area contributed by atoms with E-state index in [1.165, 1.54) is 5.56 Å². The number of aryl methyl sites for hydroxylation is 2. The van der Waals surface area contributed by atoms with Crippen LogP contribution in [0.15, 0.2) is 42.5 Å². The van der Waals surface area contributed by atoms with Crippen molar-refractivity contribution < 1.29 is 9.59 Å². The van der Waals surface area contributed by atoms with E-state index >= 15 is 0 Å². The molecule has 1 saturated heterocycles. The largest absolute Gasteiger partial charge is 0.326 e. The van der Waals surface area contributed by atoms with Crippen molar-refractivity contribution in [2.45, 2.75) is 20.3 Å². The zero-order chi connectivity index (χ0) is 17.3. The van der Waals surface area contributed by atoms with Crippen LogP contribution in [0.3, 0.4) is 0 Å². The van der Waals surface area contributed by atoms with Crippen molar-refractivity contribution in [1.29, 1.82) is 0 Å². The molecule has 1 fully saturated rings. The van der Waals surface area contributed by atoms with Crippen LogP contribution in [0.25, 0.3) is 0 Å². The fourth-order valence-corrected chi connectivity index (χ4v) is 3.03. The number of nitrogens with one attached hydrogen (secondary N) is 1. The van der Waals surface area contributed by atoms with E-state index in [0.29, 0.717) is 17.3 Å². The van der Waals surface area contributed by atoms with Gasteiger partial charge in [-0.25, -0.2) is 0 Å². The predicted molar refractivity (Wildman–Crippen MR) is 96.5 cm³/mol. The Morgan fingerprint density at radius 2 is 1.96 bits per heavy atom. The van der Waals surface area contributed by atoms with E-state index in [4.69, 9.17) is 11.6 Å². The molecule has 0 aliphatic carbocycles. The van der Waals surface area contributed by atoms with Gasteiger partial charge in [0.1, 0.15) is 0 Å². The van der Waals surface area contributed by atoms with E-state index in [9.17, 15) is 9.59 Å². The van der Waals surface area contributed by atoms with Crippen LogP contribution in [0, 0.1) is 19.8 Å². The van der Waals surface area contributed by atoms with Crippen molar-refractivity contribution in [2.24, 2.45) is 5.92 Å². The Balaban J connectivity index is 1.72. The summed E-state index contributed by atoms with van der Waals surface area (Å²) in [4.78, 5) is 26.4. The lowest BCUT2D eigenvalue weighted by Crippen LogP contribution is -2.28. The number of anilines is 2. The Hall–Kier alpha value is -2.33. The van der Waals surface area contributed by atoms with Crippen molar-refractivity contribution in [3.63, 3.8) is 0 Å². The summed E-state index contributed by atoms with van der Waals surface area (Å²) in [6, 6.07) is 12.9. The van der Waals surface area contributed by atoms with Crippen LogP contribution in [-0.4, -0.2) is 18.4 Å². The number of nitrogens with zero attached hydrogens (tertiary/aromatic N) is 1. The number of benzene rings is 2. The van der Waals surface area contributed by atoms with Crippen molar-refractivity contribution in [1.82, 2.24) is 0 Å². The van der Waals surface area contributed by atoms with E-state index in [1.807, 2.05) is 32.0 Å². The second-order valence-corrected chi connectivity index (χ2v) is 6.61. The van der Waals surface area contributed by atoms with Crippen LogP contribution in [0.5, 0.6) is 0 Å². The van der Waals surface area contributed by atoms with Crippen molar-refractivity contribution in [2.75, 3.05) is 16.8 Å². The molecule has 1 aliphatic heterocycles. The lowest BCUT2D eigenvalue weighted by Gasteiger charge is -2.18. The number of amides is 2. The highest BCUT2D eigenvalue weighted by molar-refractivity contribution is 6.30. The highest BCUT2D eigenvalue weighted by Crippen LogP contribution is 2.27. The number of hydrogen-bond donors (Lipinski definition) is 1. The first-order valence-corrected chi connectivity index (χ1v) is 8.26. The molecule has 1 heterocycles. The minimum absolute atomic E-state index is 0.0236. The Bertz CT molecular complexity index is 804. The van der Waals surface area contributed by atoms with Crippen LogP contribution >= 0.6 is 11.6 Å². The summed E-state index contributed by atoms with van der Waals surface area (Å²) >= 11 is 5.93. The first kappa shape index (κ1) is 16.5. The summed E-state index contributed by atoms with van der Waals surface area (Å²) in [6.07, 6.45) is 0.222. The number of hydrogen-bond acceptors (Lipinski definition) is 2. The molecule has 1 N–H and O–H groups in total. The molecule has 0 spiro atoms. The minimum Gasteiger partial charge on any atom is -0.326 e. The molecule has 2 amide bonds. The van der Waals surface area contributed by atoms with E-state index in [-0.39, 0.29) is 24.2 Å². The smallest absolute Gasteiger partial charge is 0.229 e. The molecule has 4 nitrogen and oxygen atoms in total. The fraction of sp³-hybridized carbons (Fsp3) is 0.263. The topological polar surface area (TPSA) is 49.4 Å². The number of halogens is 1. The molecule has 0 radical (unpaired) electrons. The first-order chi connectivity index (χ1) is 11.4. The summed E-state index contributed by atoms with van der Waals surface area (Å²) in [7, 11) is 0. The van der Waals surface area contributed by atoms with Crippen LogP contribution < -0.4 is 10.2 Å². The van der Waals surface area contributed by atoms with E-state index < -0.39 is 0 Å². The van der Waals surface area contributed by atoms with Crippen LogP contribution in [0.2, 0.25) is 5.02 Å². The summed E-state index contributed by atoms with van der Waals surface area (Å²) in [5, 5.41) is 3.40. The first-order valence-electron chi connectivity index (χ1n) is 7.88. The van der Waals surface area contributed by atoms with Gasteiger partial charge in [-0.1, -0.05) is 23.7 Å². The molecular weight excluding hydrogens is 324 g/mol. The quantitative estimate of drug-likeness (QED) is 0.918. The molecule has 1 aliphatic rings. The molecule has 2 aromatic rings. The van der Waals surface area contributed by atoms with Gasteiger partial charge in [0, 0.05) is 29.4 Å². The van der Waals surface area contributed by atoms with Gasteiger partial charge in [0.2, 0.25) is 11.8 Å². The fourth-order valence-electron chi connectivity index (χ4n) is 2.84. The molecule has 3 rings (SSSR count). The standard InChI is InChI=1S/C19H19ClN2O2/c1-12-6-7-17(8-13(12)2)22-11-14(9-18(22)23)19(24)21-16-5-3-4-15(20)10-16/h3-8,10,14H,9,11H2,1-2H3,(H,21,24). The Morgan fingerprint density at radius 1 is 1.17 bits per heavy atom. The molecule has 1 atom stereocenters. The van der Waals surface area contributed by atoms with Crippen LogP contribution in [-0.2, 0) is 9.59 Å². The maximum Gasteiger partial charge on any atom is 0.229 e. The number of carbonyl (C=O) groups is 2. The van der Waals surface area contributed by atoms with Gasteiger partial charge in [0.05, 0.1) is 5.92 Å². The van der Waals surface area contributed by atoms with Crippen LogP contribution in [0.4, 0.5) is 11.4 Å². The molecular formula is C19H19ClN2O2. The SMILES string of the molecule is Cc1ccc(N2CC(C(=O)Nc3cccc(Cl)c3)CC2=O)cc1C. The average molecular weight is 343 g/mol. The summed E-state index contributed by atoms with van der Waals surface area (Å²) < 4.78 is 0. The normalized spacial score (nSPS) is 17.2. The third-order valence-electron chi connectivity index (χ3n) is 4.39. The second kappa shape index (κ2) is 6.65. The maximum absolute atomic E-state index is 12.4. The van der Waals surface area contributed by atoms with Gasteiger partial charge in [0.15, 0.2) is 0 Å². The summed E-state index contributed by atoms with van der Waals surface area (Å²) in [6.45, 7) is 4.45. The lowest BCUT2D eigenvalue weighted by atomic mass is 10.1. The van der Waals surface area contributed by atoms with Gasteiger partial charge in [0.25, 0.3) is 0 Å². The third-order valence-corrected chi connectivity index (χ3v) is 4.63. The zero-order valence-electron chi connectivity index (χ0n) is 13.7. The zero-order valence-corrected chi connectivity index (χ0v) is 14.4. The molecule has 24 heavy (non-hydrogen) atoms. The van der Waals surface area contributed by atoms with Gasteiger partial charge < -0.3 is 10.2 Å². The number of carbonyl (C=O) groups excluding carboxylic acids is 2. The van der Waals surface area contributed by atoms with Crippen molar-refractivity contribution >= 4 is 34.8 Å². The minimum atomic E-state index is -0.363. The molecule has 124 valence electrons. The second-order valence-electron chi connectivity index (χ2n) is 6.17. The van der Waals surface area contributed by atoms with Crippen molar-refractivity contribution in [3.8, 4) is 0 Å². The van der Waals surface area contributed by atoms with E-state index in [0.717, 1.165) is 11.3 Å². The molecule has 0 aromatic heterocycles. The summed E-state index contributed by atoms with van der Waals surface area (Å²) in [5.74, 6) is -0.542. The third kappa shape index (κ3) is 3.44. The maximum atomic E-state index is 12.4. The van der Waals surface area contributed by atoms with Gasteiger partial charge in [-0.05, 0) is 55.3 Å². The predicted octanol–water partition coefficient (Wildman–Crippen LogP) is 3.95. The Kier molecular flexibility index (Phi) is 4.58. The highest BCUT2D eigenvalue weighted by Gasteiger charge is 2.35. The molecule has 1 unspecified atom stereocenters. The monoisotopic (exact) mass is 342 g/mol. The molecule has 0 saturated carbocycles. The lowest BCUT2D eigenvalue weighted by molar-refractivity contribution is -0.122. The highest BCUT2D eigenvalue weighted by atomic mass is 35.5. The molecule has 2 aromatic carbocycles. The van der Waals surface area contributed by atoms with Gasteiger partial charge >= 0.3 is 0 Å².